The average Bonchev–Trinajstić information content (AvgIpc) is 2.49. The van der Waals surface area contributed by atoms with E-state index in [2.05, 4.69) is 36.1 Å². The van der Waals surface area contributed by atoms with Gasteiger partial charge in [0, 0.05) is 36.4 Å². The second kappa shape index (κ2) is 6.57. The Bertz CT molecular complexity index is 567. The molecule has 4 heteroatoms. The Hall–Kier alpha value is -1.81. The Morgan fingerprint density at radius 2 is 2.15 bits per heavy atom. The number of benzene rings is 1. The monoisotopic (exact) mass is 272 g/mol. The zero-order chi connectivity index (χ0) is 14.5. The highest BCUT2D eigenvalue weighted by Gasteiger charge is 2.07. The number of nitrogens with one attached hydrogen (secondary N) is 1. The van der Waals surface area contributed by atoms with Crippen LogP contribution in [0.3, 0.4) is 0 Å². The van der Waals surface area contributed by atoms with E-state index in [1.54, 1.807) is 6.20 Å². The molecule has 0 bridgehead atoms. The molecule has 1 heterocycles. The first-order chi connectivity index (χ1) is 9.63. The number of rotatable bonds is 6. The molecule has 0 aliphatic heterocycles. The molecule has 0 aliphatic rings. The summed E-state index contributed by atoms with van der Waals surface area (Å²) in [5, 5.41) is 4.47. The van der Waals surface area contributed by atoms with Gasteiger partial charge in [0.05, 0.1) is 11.2 Å². The molecule has 0 fully saturated rings. The van der Waals surface area contributed by atoms with Crippen molar-refractivity contribution < 1.29 is 0 Å². The first-order valence-electron chi connectivity index (χ1n) is 7.20. The number of pyridine rings is 1. The van der Waals surface area contributed by atoms with E-state index in [-0.39, 0.29) is 0 Å². The topological polar surface area (TPSA) is 54.2 Å². The Balaban J connectivity index is 2.06. The summed E-state index contributed by atoms with van der Waals surface area (Å²) < 4.78 is 0. The maximum Gasteiger partial charge on any atom is 0.0953 e. The molecule has 2 aromatic rings. The van der Waals surface area contributed by atoms with Gasteiger partial charge in [-0.2, -0.15) is 0 Å². The van der Waals surface area contributed by atoms with Crippen LogP contribution in [0.4, 0.5) is 11.4 Å². The number of fused-ring (bicyclic) bond motifs is 1. The molecule has 1 aromatic heterocycles. The molecule has 1 aromatic carbocycles. The largest absolute Gasteiger partial charge is 0.398 e. The highest BCUT2D eigenvalue weighted by molar-refractivity contribution is 5.98. The zero-order valence-corrected chi connectivity index (χ0v) is 12.6. The maximum absolute atomic E-state index is 5.98. The van der Waals surface area contributed by atoms with Gasteiger partial charge in [0.25, 0.3) is 0 Å². The molecule has 108 valence electrons. The summed E-state index contributed by atoms with van der Waals surface area (Å²) in [6.45, 7) is 6.37. The van der Waals surface area contributed by atoms with E-state index in [1.807, 2.05) is 24.3 Å². The molecule has 1 atom stereocenters. The SMILES string of the molecule is CCC(C)N(C)CCNc1ccc(N)c2cccnc12. The van der Waals surface area contributed by atoms with E-state index in [1.165, 1.54) is 6.42 Å². The van der Waals surface area contributed by atoms with Crippen molar-refractivity contribution in [3.05, 3.63) is 30.5 Å². The third-order valence-corrected chi connectivity index (χ3v) is 3.93. The molecule has 0 radical (unpaired) electrons. The molecule has 2 rings (SSSR count). The number of hydrogen-bond acceptors (Lipinski definition) is 4. The van der Waals surface area contributed by atoms with Crippen molar-refractivity contribution in [3.8, 4) is 0 Å². The summed E-state index contributed by atoms with van der Waals surface area (Å²) in [5.74, 6) is 0. The van der Waals surface area contributed by atoms with Crippen LogP contribution in [0.1, 0.15) is 20.3 Å². The fourth-order valence-corrected chi connectivity index (χ4v) is 2.24. The number of nitrogen functional groups attached to an aromatic ring is 1. The summed E-state index contributed by atoms with van der Waals surface area (Å²) in [6, 6.07) is 8.48. The van der Waals surface area contributed by atoms with Crippen molar-refractivity contribution in [2.24, 2.45) is 0 Å². The van der Waals surface area contributed by atoms with Crippen LogP contribution in [0.2, 0.25) is 0 Å². The second-order valence-corrected chi connectivity index (χ2v) is 5.27. The first-order valence-corrected chi connectivity index (χ1v) is 7.20. The third kappa shape index (κ3) is 3.20. The molecular formula is C16H24N4. The highest BCUT2D eigenvalue weighted by Crippen LogP contribution is 2.25. The van der Waals surface area contributed by atoms with Gasteiger partial charge >= 0.3 is 0 Å². The number of likely N-dealkylation sites (N-methyl/N-ethyl adjacent to an activating group) is 1. The van der Waals surface area contributed by atoms with Gasteiger partial charge in [-0.15, -0.1) is 0 Å². The fraction of sp³-hybridized carbons (Fsp3) is 0.438. The predicted molar refractivity (Wildman–Crippen MR) is 87.0 cm³/mol. The average molecular weight is 272 g/mol. The minimum atomic E-state index is 0.609. The van der Waals surface area contributed by atoms with E-state index < -0.39 is 0 Å². The minimum Gasteiger partial charge on any atom is -0.398 e. The molecule has 0 spiro atoms. The molecule has 0 saturated heterocycles. The summed E-state index contributed by atoms with van der Waals surface area (Å²) in [4.78, 5) is 6.80. The quantitative estimate of drug-likeness (QED) is 0.794. The van der Waals surface area contributed by atoms with Gasteiger partial charge in [0.15, 0.2) is 0 Å². The Kier molecular flexibility index (Phi) is 4.79. The summed E-state index contributed by atoms with van der Waals surface area (Å²) in [5.41, 5.74) is 8.75. The van der Waals surface area contributed by atoms with Crippen LogP contribution in [-0.2, 0) is 0 Å². The van der Waals surface area contributed by atoms with Gasteiger partial charge in [-0.05, 0) is 44.7 Å². The normalized spacial score (nSPS) is 12.8. The Morgan fingerprint density at radius 1 is 1.35 bits per heavy atom. The van der Waals surface area contributed by atoms with Crippen molar-refractivity contribution in [2.45, 2.75) is 26.3 Å². The van der Waals surface area contributed by atoms with E-state index >= 15 is 0 Å². The molecule has 0 saturated carbocycles. The van der Waals surface area contributed by atoms with Crippen LogP contribution in [-0.4, -0.2) is 36.1 Å². The summed E-state index contributed by atoms with van der Waals surface area (Å²) in [6.07, 6.45) is 2.97. The number of anilines is 2. The van der Waals surface area contributed by atoms with Gasteiger partial charge in [0.2, 0.25) is 0 Å². The molecule has 0 amide bonds. The first kappa shape index (κ1) is 14.6. The predicted octanol–water partition coefficient (Wildman–Crippen LogP) is 2.96. The summed E-state index contributed by atoms with van der Waals surface area (Å²) >= 11 is 0. The number of aromatic nitrogens is 1. The molecule has 4 nitrogen and oxygen atoms in total. The van der Waals surface area contributed by atoms with Crippen molar-refractivity contribution in [3.63, 3.8) is 0 Å². The maximum atomic E-state index is 5.98. The van der Waals surface area contributed by atoms with E-state index in [0.29, 0.717) is 6.04 Å². The lowest BCUT2D eigenvalue weighted by Gasteiger charge is -2.23. The highest BCUT2D eigenvalue weighted by atomic mass is 15.1. The van der Waals surface area contributed by atoms with Crippen LogP contribution >= 0.6 is 0 Å². The lowest BCUT2D eigenvalue weighted by molar-refractivity contribution is 0.261. The molecule has 20 heavy (non-hydrogen) atoms. The van der Waals surface area contributed by atoms with Gasteiger partial charge in [-0.1, -0.05) is 6.92 Å². The molecular weight excluding hydrogens is 248 g/mol. The Morgan fingerprint density at radius 3 is 2.90 bits per heavy atom. The van der Waals surface area contributed by atoms with Crippen LogP contribution in [0.25, 0.3) is 10.9 Å². The van der Waals surface area contributed by atoms with Crippen molar-refractivity contribution >= 4 is 22.3 Å². The summed E-state index contributed by atoms with van der Waals surface area (Å²) in [7, 11) is 2.16. The van der Waals surface area contributed by atoms with Crippen molar-refractivity contribution in [2.75, 3.05) is 31.2 Å². The third-order valence-electron chi connectivity index (χ3n) is 3.93. The van der Waals surface area contributed by atoms with Crippen LogP contribution < -0.4 is 11.1 Å². The van der Waals surface area contributed by atoms with E-state index in [0.717, 1.165) is 35.4 Å². The second-order valence-electron chi connectivity index (χ2n) is 5.27. The molecule has 0 aliphatic carbocycles. The number of nitrogens with two attached hydrogens (primary N) is 1. The van der Waals surface area contributed by atoms with Gasteiger partial charge in [0.1, 0.15) is 0 Å². The van der Waals surface area contributed by atoms with Crippen LogP contribution in [0.5, 0.6) is 0 Å². The van der Waals surface area contributed by atoms with Gasteiger partial charge in [-0.3, -0.25) is 4.98 Å². The Labute approximate surface area is 121 Å². The standard InChI is InChI=1S/C16H24N4/c1-4-12(2)20(3)11-10-18-15-8-7-14(17)13-6-5-9-19-16(13)15/h5-9,12,18H,4,10-11,17H2,1-3H3. The lowest BCUT2D eigenvalue weighted by Crippen LogP contribution is -2.32. The molecule has 3 N–H and O–H groups in total. The van der Waals surface area contributed by atoms with E-state index in [9.17, 15) is 0 Å². The lowest BCUT2D eigenvalue weighted by atomic mass is 10.1. The smallest absolute Gasteiger partial charge is 0.0953 e. The number of nitrogens with zero attached hydrogens (tertiary/aromatic N) is 2. The van der Waals surface area contributed by atoms with Crippen LogP contribution in [0, 0.1) is 0 Å². The van der Waals surface area contributed by atoms with Crippen molar-refractivity contribution in [1.82, 2.24) is 9.88 Å². The molecule has 1 unspecified atom stereocenters. The van der Waals surface area contributed by atoms with Crippen molar-refractivity contribution in [1.29, 1.82) is 0 Å². The zero-order valence-electron chi connectivity index (χ0n) is 12.6. The fourth-order valence-electron chi connectivity index (χ4n) is 2.24. The van der Waals surface area contributed by atoms with Gasteiger partial charge in [-0.25, -0.2) is 0 Å². The van der Waals surface area contributed by atoms with E-state index in [4.69, 9.17) is 5.73 Å². The van der Waals surface area contributed by atoms with Crippen LogP contribution in [0.15, 0.2) is 30.5 Å². The van der Waals surface area contributed by atoms with Gasteiger partial charge < -0.3 is 16.0 Å². The minimum absolute atomic E-state index is 0.609. The number of hydrogen-bond donors (Lipinski definition) is 2.